The van der Waals surface area contributed by atoms with Crippen molar-refractivity contribution in [2.45, 2.75) is 58.8 Å². The van der Waals surface area contributed by atoms with Gasteiger partial charge in [0.2, 0.25) is 5.91 Å². The molecule has 2 nitrogen and oxygen atoms in total. The average molecular weight is 248 g/mol. The van der Waals surface area contributed by atoms with Gasteiger partial charge in [0.1, 0.15) is 0 Å². The highest BCUT2D eigenvalue weighted by molar-refractivity contribution is 6.17. The molecule has 0 saturated carbocycles. The molecule has 0 saturated heterocycles. The average Bonchev–Trinajstić information content (AvgIpc) is 2.29. The summed E-state index contributed by atoms with van der Waals surface area (Å²) in [6.45, 7) is 6.18. The van der Waals surface area contributed by atoms with E-state index in [1.807, 2.05) is 4.90 Å². The van der Waals surface area contributed by atoms with Crippen LogP contribution in [0.2, 0.25) is 0 Å². The summed E-state index contributed by atoms with van der Waals surface area (Å²) in [5.41, 5.74) is 0. The summed E-state index contributed by atoms with van der Waals surface area (Å²) in [6.07, 6.45) is 7.07. The van der Waals surface area contributed by atoms with Gasteiger partial charge in [-0.05, 0) is 25.7 Å². The molecule has 0 heterocycles. The highest BCUT2D eigenvalue weighted by atomic mass is 35.5. The van der Waals surface area contributed by atoms with Gasteiger partial charge in [0.15, 0.2) is 0 Å². The highest BCUT2D eigenvalue weighted by Crippen LogP contribution is 2.05. The summed E-state index contributed by atoms with van der Waals surface area (Å²) in [5.74, 6) is 0.976. The quantitative estimate of drug-likeness (QED) is 0.425. The summed E-state index contributed by atoms with van der Waals surface area (Å²) in [6, 6.07) is 0. The van der Waals surface area contributed by atoms with E-state index in [-0.39, 0.29) is 0 Å². The van der Waals surface area contributed by atoms with Crippen LogP contribution in [0.1, 0.15) is 58.8 Å². The van der Waals surface area contributed by atoms with Crippen LogP contribution in [0.5, 0.6) is 0 Å². The number of hydrogen-bond donors (Lipinski definition) is 0. The highest BCUT2D eigenvalue weighted by Gasteiger charge is 2.11. The van der Waals surface area contributed by atoms with Crippen molar-refractivity contribution >= 4 is 17.5 Å². The van der Waals surface area contributed by atoms with E-state index in [0.717, 1.165) is 51.6 Å². The number of nitrogens with zero attached hydrogens (tertiary/aromatic N) is 1. The summed E-state index contributed by atoms with van der Waals surface area (Å²) in [7, 11) is 0. The van der Waals surface area contributed by atoms with E-state index in [4.69, 9.17) is 11.6 Å². The molecule has 0 fully saturated rings. The predicted octanol–water partition coefficient (Wildman–Crippen LogP) is 3.82. The first-order chi connectivity index (χ1) is 7.76. The molecule has 0 aromatic carbocycles. The van der Waals surface area contributed by atoms with Gasteiger partial charge in [0.25, 0.3) is 0 Å². The molecular weight excluding hydrogens is 222 g/mol. The maximum absolute atomic E-state index is 11.9. The summed E-state index contributed by atoms with van der Waals surface area (Å²) >= 11 is 5.61. The van der Waals surface area contributed by atoms with Crippen molar-refractivity contribution in [1.29, 1.82) is 0 Å². The third-order valence-corrected chi connectivity index (χ3v) is 2.96. The number of carbonyl (C=O) groups is 1. The molecule has 0 aliphatic rings. The van der Waals surface area contributed by atoms with E-state index in [0.29, 0.717) is 18.2 Å². The van der Waals surface area contributed by atoms with Crippen LogP contribution in [0.3, 0.4) is 0 Å². The van der Waals surface area contributed by atoms with Crippen LogP contribution in [0.15, 0.2) is 0 Å². The van der Waals surface area contributed by atoms with Gasteiger partial charge in [-0.2, -0.15) is 0 Å². The molecule has 0 aromatic rings. The van der Waals surface area contributed by atoms with Crippen LogP contribution < -0.4 is 0 Å². The maximum atomic E-state index is 11.9. The molecule has 3 heteroatoms. The molecule has 0 rings (SSSR count). The minimum Gasteiger partial charge on any atom is -0.343 e. The Kier molecular flexibility index (Phi) is 11.1. The van der Waals surface area contributed by atoms with Crippen molar-refractivity contribution < 1.29 is 4.79 Å². The number of halogens is 1. The van der Waals surface area contributed by atoms with E-state index in [1.54, 1.807) is 0 Å². The molecule has 16 heavy (non-hydrogen) atoms. The zero-order valence-corrected chi connectivity index (χ0v) is 11.6. The van der Waals surface area contributed by atoms with E-state index in [1.165, 1.54) is 0 Å². The number of rotatable bonds is 10. The normalized spacial score (nSPS) is 10.4. The van der Waals surface area contributed by atoms with Crippen LogP contribution in [0.4, 0.5) is 0 Å². The Morgan fingerprint density at radius 3 is 2.00 bits per heavy atom. The van der Waals surface area contributed by atoms with Gasteiger partial charge in [-0.15, -0.1) is 11.6 Å². The Morgan fingerprint density at radius 1 is 1.00 bits per heavy atom. The SMILES string of the molecule is CCCCN(CCCC)C(=O)CCCCCl. The fraction of sp³-hybridized carbons (Fsp3) is 0.923. The molecule has 0 N–H and O–H groups in total. The molecular formula is C13H26ClNO. The lowest BCUT2D eigenvalue weighted by molar-refractivity contribution is -0.131. The Balaban J connectivity index is 3.88. The Morgan fingerprint density at radius 2 is 1.56 bits per heavy atom. The van der Waals surface area contributed by atoms with Crippen molar-refractivity contribution in [3.63, 3.8) is 0 Å². The van der Waals surface area contributed by atoms with Crippen molar-refractivity contribution in [2.24, 2.45) is 0 Å². The monoisotopic (exact) mass is 247 g/mol. The smallest absolute Gasteiger partial charge is 0.222 e. The van der Waals surface area contributed by atoms with Crippen molar-refractivity contribution in [1.82, 2.24) is 4.90 Å². The van der Waals surface area contributed by atoms with Crippen LogP contribution in [-0.2, 0) is 4.79 Å². The van der Waals surface area contributed by atoms with E-state index >= 15 is 0 Å². The second kappa shape index (κ2) is 11.3. The first-order valence-corrected chi connectivity index (χ1v) is 7.13. The van der Waals surface area contributed by atoms with E-state index in [9.17, 15) is 4.79 Å². The third kappa shape index (κ3) is 7.98. The van der Waals surface area contributed by atoms with Crippen LogP contribution >= 0.6 is 11.6 Å². The molecule has 0 spiro atoms. The second-order valence-corrected chi connectivity index (χ2v) is 4.61. The Bertz CT molecular complexity index is 165. The largest absolute Gasteiger partial charge is 0.343 e. The Hall–Kier alpha value is -0.240. The summed E-state index contributed by atoms with van der Waals surface area (Å²) in [5, 5.41) is 0. The molecule has 96 valence electrons. The minimum atomic E-state index is 0.312. The first-order valence-electron chi connectivity index (χ1n) is 6.60. The molecule has 0 atom stereocenters. The maximum Gasteiger partial charge on any atom is 0.222 e. The molecule has 0 radical (unpaired) electrons. The van der Waals surface area contributed by atoms with Gasteiger partial charge < -0.3 is 4.90 Å². The molecule has 0 aliphatic heterocycles. The lowest BCUT2D eigenvalue weighted by atomic mass is 10.2. The topological polar surface area (TPSA) is 20.3 Å². The standard InChI is InChI=1S/C13H26ClNO/c1-3-5-11-15(12-6-4-2)13(16)9-7-8-10-14/h3-12H2,1-2H3. The first kappa shape index (κ1) is 15.8. The lowest BCUT2D eigenvalue weighted by Crippen LogP contribution is -2.32. The molecule has 0 aliphatic carbocycles. The zero-order chi connectivity index (χ0) is 12.2. The number of unbranched alkanes of at least 4 members (excludes halogenated alkanes) is 3. The Labute approximate surface area is 105 Å². The van der Waals surface area contributed by atoms with E-state index < -0.39 is 0 Å². The van der Waals surface area contributed by atoms with Gasteiger partial charge >= 0.3 is 0 Å². The van der Waals surface area contributed by atoms with Gasteiger partial charge in [-0.25, -0.2) is 0 Å². The zero-order valence-electron chi connectivity index (χ0n) is 10.8. The van der Waals surface area contributed by atoms with Gasteiger partial charge in [-0.3, -0.25) is 4.79 Å². The number of amides is 1. The van der Waals surface area contributed by atoms with Crippen molar-refractivity contribution in [2.75, 3.05) is 19.0 Å². The van der Waals surface area contributed by atoms with Crippen LogP contribution in [0.25, 0.3) is 0 Å². The fourth-order valence-electron chi connectivity index (χ4n) is 1.59. The summed E-state index contributed by atoms with van der Waals surface area (Å²) in [4.78, 5) is 13.9. The van der Waals surface area contributed by atoms with Crippen LogP contribution in [-0.4, -0.2) is 29.8 Å². The molecule has 1 amide bonds. The van der Waals surface area contributed by atoms with Gasteiger partial charge in [0, 0.05) is 25.4 Å². The van der Waals surface area contributed by atoms with Crippen LogP contribution in [0, 0.1) is 0 Å². The molecule has 0 aromatic heterocycles. The fourth-order valence-corrected chi connectivity index (χ4v) is 1.78. The number of carbonyl (C=O) groups excluding carboxylic acids is 1. The lowest BCUT2D eigenvalue weighted by Gasteiger charge is -2.22. The van der Waals surface area contributed by atoms with E-state index in [2.05, 4.69) is 13.8 Å². The minimum absolute atomic E-state index is 0.312. The predicted molar refractivity (Wildman–Crippen MR) is 71.0 cm³/mol. The third-order valence-electron chi connectivity index (χ3n) is 2.69. The molecule has 0 unspecified atom stereocenters. The number of alkyl halides is 1. The van der Waals surface area contributed by atoms with Crippen molar-refractivity contribution in [3.8, 4) is 0 Å². The number of hydrogen-bond acceptors (Lipinski definition) is 1. The molecule has 0 bridgehead atoms. The van der Waals surface area contributed by atoms with Gasteiger partial charge in [0.05, 0.1) is 0 Å². The van der Waals surface area contributed by atoms with Crippen molar-refractivity contribution in [3.05, 3.63) is 0 Å². The second-order valence-electron chi connectivity index (χ2n) is 4.23. The summed E-state index contributed by atoms with van der Waals surface area (Å²) < 4.78 is 0. The van der Waals surface area contributed by atoms with Gasteiger partial charge in [-0.1, -0.05) is 26.7 Å².